The highest BCUT2D eigenvalue weighted by Crippen LogP contribution is 2.28. The first kappa shape index (κ1) is 19.6. The number of anilines is 1. The molecule has 0 aliphatic carbocycles. The zero-order chi connectivity index (χ0) is 19.3. The lowest BCUT2D eigenvalue weighted by Gasteiger charge is -2.35. The lowest BCUT2D eigenvalue weighted by molar-refractivity contribution is -0.126. The molecule has 4 nitrogen and oxygen atoms in total. The minimum Gasteiger partial charge on any atom is -0.324 e. The number of carbonyl (C=O) groups excluding carboxylic acids is 1. The average Bonchev–Trinajstić information content (AvgIpc) is 2.69. The van der Waals surface area contributed by atoms with E-state index in [4.69, 9.17) is 0 Å². The van der Waals surface area contributed by atoms with E-state index in [-0.39, 0.29) is 5.91 Å². The summed E-state index contributed by atoms with van der Waals surface area (Å²) in [6.07, 6.45) is 3.92. The van der Waals surface area contributed by atoms with E-state index in [1.165, 1.54) is 37.9 Å². The molecule has 3 rings (SSSR count). The smallest absolute Gasteiger partial charge is 0.249 e. The van der Waals surface area contributed by atoms with Crippen LogP contribution in [0.15, 0.2) is 54.6 Å². The Bertz CT molecular complexity index is 753. The highest BCUT2D eigenvalue weighted by Gasteiger charge is 2.37. The molecular formula is C23H31N3O. The van der Waals surface area contributed by atoms with Crippen molar-refractivity contribution in [1.82, 2.24) is 9.80 Å². The van der Waals surface area contributed by atoms with Gasteiger partial charge >= 0.3 is 0 Å². The van der Waals surface area contributed by atoms with E-state index in [9.17, 15) is 4.79 Å². The van der Waals surface area contributed by atoms with Crippen LogP contribution in [0.1, 0.15) is 37.3 Å². The van der Waals surface area contributed by atoms with Crippen molar-refractivity contribution in [2.45, 2.75) is 38.3 Å². The zero-order valence-corrected chi connectivity index (χ0v) is 16.7. The number of likely N-dealkylation sites (tertiary alicyclic amines) is 1. The molecule has 0 radical (unpaired) electrons. The van der Waals surface area contributed by atoms with Crippen LogP contribution in [0.4, 0.5) is 5.69 Å². The van der Waals surface area contributed by atoms with E-state index in [1.807, 2.05) is 68.4 Å². The molecule has 2 aromatic carbocycles. The van der Waals surface area contributed by atoms with E-state index in [0.717, 1.165) is 17.8 Å². The highest BCUT2D eigenvalue weighted by atomic mass is 16.2. The molecule has 1 atom stereocenters. The van der Waals surface area contributed by atoms with Crippen molar-refractivity contribution in [3.8, 4) is 0 Å². The number of nitrogens with zero attached hydrogens (tertiary/aromatic N) is 2. The first-order valence-electron chi connectivity index (χ1n) is 9.86. The Balaban J connectivity index is 1.75. The molecule has 0 saturated carbocycles. The lowest BCUT2D eigenvalue weighted by Crippen LogP contribution is -2.48. The third kappa shape index (κ3) is 4.57. The van der Waals surface area contributed by atoms with Crippen LogP contribution in [-0.4, -0.2) is 42.9 Å². The summed E-state index contributed by atoms with van der Waals surface area (Å²) in [7, 11) is 3.89. The van der Waals surface area contributed by atoms with Crippen LogP contribution in [-0.2, 0) is 16.9 Å². The maximum absolute atomic E-state index is 13.2. The van der Waals surface area contributed by atoms with Gasteiger partial charge in [0.05, 0.1) is 0 Å². The number of rotatable bonds is 6. The van der Waals surface area contributed by atoms with Gasteiger partial charge in [0.1, 0.15) is 5.54 Å². The third-order valence-electron chi connectivity index (χ3n) is 5.71. The molecule has 4 heteroatoms. The first-order chi connectivity index (χ1) is 13.0. The summed E-state index contributed by atoms with van der Waals surface area (Å²) < 4.78 is 0. The topological polar surface area (TPSA) is 35.6 Å². The van der Waals surface area contributed by atoms with E-state index in [2.05, 4.69) is 22.3 Å². The summed E-state index contributed by atoms with van der Waals surface area (Å²) in [5.41, 5.74) is 2.36. The summed E-state index contributed by atoms with van der Waals surface area (Å²) in [6, 6.07) is 18.2. The molecule has 1 N–H and O–H groups in total. The van der Waals surface area contributed by atoms with Gasteiger partial charge in [0, 0.05) is 12.2 Å². The van der Waals surface area contributed by atoms with Crippen molar-refractivity contribution in [3.63, 3.8) is 0 Å². The SMILES string of the molecule is CN(C)[C@@](C)(C(=O)Nc1cccc(CN2CCCCC2)c1)c1ccccc1. The Morgan fingerprint density at radius 1 is 1.04 bits per heavy atom. The number of piperidine rings is 1. The number of amides is 1. The van der Waals surface area contributed by atoms with Crippen molar-refractivity contribution < 1.29 is 4.79 Å². The van der Waals surface area contributed by atoms with Crippen molar-refractivity contribution in [1.29, 1.82) is 0 Å². The van der Waals surface area contributed by atoms with Gasteiger partial charge in [0.15, 0.2) is 0 Å². The Labute approximate surface area is 163 Å². The van der Waals surface area contributed by atoms with Gasteiger partial charge in [-0.25, -0.2) is 0 Å². The maximum Gasteiger partial charge on any atom is 0.249 e. The average molecular weight is 366 g/mol. The second-order valence-corrected chi connectivity index (χ2v) is 7.82. The van der Waals surface area contributed by atoms with Crippen LogP contribution >= 0.6 is 0 Å². The third-order valence-corrected chi connectivity index (χ3v) is 5.71. The Kier molecular flexibility index (Phi) is 6.30. The molecule has 1 heterocycles. The Morgan fingerprint density at radius 3 is 2.41 bits per heavy atom. The molecular weight excluding hydrogens is 334 g/mol. The summed E-state index contributed by atoms with van der Waals surface area (Å²) in [5.74, 6) is -0.0196. The monoisotopic (exact) mass is 365 g/mol. The van der Waals surface area contributed by atoms with Crippen molar-refractivity contribution in [2.24, 2.45) is 0 Å². The standard InChI is InChI=1S/C23H31N3O/c1-23(25(2)3,20-12-6-4-7-13-20)22(27)24-21-14-10-11-19(17-21)18-26-15-8-5-9-16-26/h4,6-7,10-14,17H,5,8-9,15-16,18H2,1-3H3,(H,24,27)/t23-/m1/s1. The fraction of sp³-hybridized carbons (Fsp3) is 0.435. The molecule has 0 bridgehead atoms. The molecule has 144 valence electrons. The van der Waals surface area contributed by atoms with Crippen LogP contribution in [0.25, 0.3) is 0 Å². The minimum absolute atomic E-state index is 0.0196. The molecule has 27 heavy (non-hydrogen) atoms. The molecule has 1 saturated heterocycles. The second-order valence-electron chi connectivity index (χ2n) is 7.82. The largest absolute Gasteiger partial charge is 0.324 e. The molecule has 1 aliphatic rings. The van der Waals surface area contributed by atoms with Gasteiger partial charge in [-0.05, 0) is 70.2 Å². The number of hydrogen-bond donors (Lipinski definition) is 1. The summed E-state index contributed by atoms with van der Waals surface area (Å²) in [5, 5.41) is 3.14. The van der Waals surface area contributed by atoms with Crippen LogP contribution < -0.4 is 5.32 Å². The van der Waals surface area contributed by atoms with Crippen molar-refractivity contribution in [3.05, 3.63) is 65.7 Å². The predicted octanol–water partition coefficient (Wildman–Crippen LogP) is 4.09. The van der Waals surface area contributed by atoms with Gasteiger partial charge in [-0.1, -0.05) is 48.9 Å². The Morgan fingerprint density at radius 2 is 1.74 bits per heavy atom. The van der Waals surface area contributed by atoms with Crippen LogP contribution in [0.5, 0.6) is 0 Å². The van der Waals surface area contributed by atoms with Gasteiger partial charge < -0.3 is 5.32 Å². The van der Waals surface area contributed by atoms with Gasteiger partial charge in [0.2, 0.25) is 5.91 Å². The minimum atomic E-state index is -0.732. The second kappa shape index (κ2) is 8.68. The lowest BCUT2D eigenvalue weighted by atomic mass is 9.89. The molecule has 0 aromatic heterocycles. The molecule has 0 spiro atoms. The van der Waals surface area contributed by atoms with Gasteiger partial charge in [-0.3, -0.25) is 14.6 Å². The fourth-order valence-electron chi connectivity index (χ4n) is 3.73. The van der Waals surface area contributed by atoms with Gasteiger partial charge in [-0.2, -0.15) is 0 Å². The van der Waals surface area contributed by atoms with E-state index in [1.54, 1.807) is 0 Å². The molecule has 0 unspecified atom stereocenters. The number of carbonyl (C=O) groups is 1. The van der Waals surface area contributed by atoms with Crippen molar-refractivity contribution >= 4 is 11.6 Å². The maximum atomic E-state index is 13.2. The van der Waals surface area contributed by atoms with Gasteiger partial charge in [-0.15, -0.1) is 0 Å². The molecule has 1 fully saturated rings. The normalized spacial score (nSPS) is 17.5. The van der Waals surface area contributed by atoms with Crippen LogP contribution in [0, 0.1) is 0 Å². The van der Waals surface area contributed by atoms with Crippen molar-refractivity contribution in [2.75, 3.05) is 32.5 Å². The van der Waals surface area contributed by atoms with Gasteiger partial charge in [0.25, 0.3) is 0 Å². The van der Waals surface area contributed by atoms with E-state index in [0.29, 0.717) is 0 Å². The Hall–Kier alpha value is -2.17. The van der Waals surface area contributed by atoms with E-state index < -0.39 is 5.54 Å². The highest BCUT2D eigenvalue weighted by molar-refractivity contribution is 5.98. The van der Waals surface area contributed by atoms with Crippen LogP contribution in [0.3, 0.4) is 0 Å². The van der Waals surface area contributed by atoms with E-state index >= 15 is 0 Å². The number of nitrogens with one attached hydrogen (secondary N) is 1. The number of hydrogen-bond acceptors (Lipinski definition) is 3. The quantitative estimate of drug-likeness (QED) is 0.837. The first-order valence-corrected chi connectivity index (χ1v) is 9.86. The zero-order valence-electron chi connectivity index (χ0n) is 16.7. The number of likely N-dealkylation sites (N-methyl/N-ethyl adjacent to an activating group) is 1. The molecule has 2 aromatic rings. The molecule has 1 amide bonds. The number of benzene rings is 2. The summed E-state index contributed by atoms with van der Waals surface area (Å²) in [4.78, 5) is 17.7. The summed E-state index contributed by atoms with van der Waals surface area (Å²) >= 11 is 0. The molecule has 1 aliphatic heterocycles. The fourth-order valence-corrected chi connectivity index (χ4v) is 3.73. The predicted molar refractivity (Wildman–Crippen MR) is 112 cm³/mol. The van der Waals surface area contributed by atoms with Crippen LogP contribution in [0.2, 0.25) is 0 Å². The summed E-state index contributed by atoms with van der Waals surface area (Å²) in [6.45, 7) is 5.26.